The molecule has 1 N–H and O–H groups in total. The smallest absolute Gasteiger partial charge is 0.213 e. The molecule has 0 fully saturated rings. The second-order valence-electron chi connectivity index (χ2n) is 9.13. The van der Waals surface area contributed by atoms with Crippen molar-refractivity contribution in [1.82, 2.24) is 65.6 Å². The van der Waals surface area contributed by atoms with E-state index in [-0.39, 0.29) is 0 Å². The van der Waals surface area contributed by atoms with Crippen LogP contribution in [0.2, 0.25) is 0 Å². The van der Waals surface area contributed by atoms with Gasteiger partial charge in [-0.3, -0.25) is 24.9 Å². The Labute approximate surface area is 373 Å². The van der Waals surface area contributed by atoms with E-state index < -0.39 is 0 Å². The van der Waals surface area contributed by atoms with Gasteiger partial charge in [-0.2, -0.15) is 11.3 Å². The Morgan fingerprint density at radius 3 is 1.11 bits per heavy atom. The Morgan fingerprint density at radius 2 is 0.968 bits per heavy atom. The number of aliphatic imine (C=N–C) groups is 1. The average Bonchev–Trinajstić information content (AvgIpc) is 4.23. The summed E-state index contributed by atoms with van der Waals surface area (Å²) in [4.78, 5) is 28.6. The van der Waals surface area contributed by atoms with Crippen molar-refractivity contribution in [2.75, 3.05) is 6.54 Å². The predicted molar refractivity (Wildman–Crippen MR) is 242 cm³/mol. The standard InChI is InChI=1S/2C5H5N.2C4H5N.C4H4O.C4H4S.2C3H3NS.3C2H2N2O.C2H2N2S/c2*1-2-4-6-5-3-1;4*1-2-4-5-3-1;2*1-2-5-3-4-1;1-3-4-2-5-1;2*1-3-2-5-4-1;1-3-4-2-5-1/h2*1-5H;1-3H,4H2;1-5H;2*1-4H;2*1-3H;4*1-2H. The van der Waals surface area contributed by atoms with Gasteiger partial charge >= 0.3 is 0 Å². The number of aromatic nitrogens is 13. The summed E-state index contributed by atoms with van der Waals surface area (Å²) in [6.07, 6.45) is 31.0. The molecule has 0 aliphatic carbocycles. The van der Waals surface area contributed by atoms with E-state index in [1.165, 1.54) is 49.6 Å². The number of hydrogen-bond acceptors (Lipinski definition) is 21. The lowest BCUT2D eigenvalue weighted by Gasteiger charge is -1.70. The highest BCUT2D eigenvalue weighted by molar-refractivity contribution is 7.08. The molecule has 62 heavy (non-hydrogen) atoms. The number of furan rings is 1. The quantitative estimate of drug-likeness (QED) is 0.149. The lowest BCUT2D eigenvalue weighted by Crippen LogP contribution is -1.58. The van der Waals surface area contributed by atoms with E-state index in [0.29, 0.717) is 0 Å². The van der Waals surface area contributed by atoms with Crippen LogP contribution in [0.4, 0.5) is 0 Å². The average molecular weight is 911 g/mol. The molecule has 0 atom stereocenters. The molecule has 0 unspecified atom stereocenters. The summed E-state index contributed by atoms with van der Waals surface area (Å²) in [6, 6.07) is 23.0. The zero-order valence-corrected chi connectivity index (χ0v) is 36.1. The van der Waals surface area contributed by atoms with E-state index in [0.717, 1.165) is 6.54 Å². The van der Waals surface area contributed by atoms with Crippen LogP contribution in [0.1, 0.15) is 0 Å². The number of hydrogen-bond donors (Lipinski definition) is 1. The molecule has 0 bridgehead atoms. The first kappa shape index (κ1) is 52.2. The molecule has 11 aromatic heterocycles. The number of thiophene rings is 1. The minimum Gasteiger partial charge on any atom is -0.473 e. The second-order valence-corrected chi connectivity index (χ2v) is 12.2. The van der Waals surface area contributed by atoms with Gasteiger partial charge in [0.1, 0.15) is 11.0 Å². The third kappa shape index (κ3) is 46.6. The largest absolute Gasteiger partial charge is 0.473 e. The van der Waals surface area contributed by atoms with Crippen LogP contribution in [0, 0.1) is 0 Å². The van der Waals surface area contributed by atoms with Crippen LogP contribution in [-0.4, -0.2) is 78.4 Å². The van der Waals surface area contributed by atoms with Crippen LogP contribution in [0.25, 0.3) is 0 Å². The van der Waals surface area contributed by atoms with Gasteiger partial charge in [0.2, 0.25) is 25.6 Å². The molecule has 18 nitrogen and oxygen atoms in total. The fourth-order valence-electron chi connectivity index (χ4n) is 2.56. The summed E-state index contributed by atoms with van der Waals surface area (Å²) in [5, 5.41) is 28.0. The van der Waals surface area contributed by atoms with E-state index in [1.807, 2.05) is 119 Å². The van der Waals surface area contributed by atoms with Gasteiger partial charge in [0.25, 0.3) is 0 Å². The maximum absolute atomic E-state index is 4.58. The number of nitrogens with zero attached hydrogens (tertiary/aromatic N) is 13. The van der Waals surface area contributed by atoms with E-state index in [4.69, 9.17) is 0 Å². The summed E-state index contributed by atoms with van der Waals surface area (Å²) in [6.45, 7) is 0.889. The maximum atomic E-state index is 4.58. The number of aromatic amines is 1. The summed E-state index contributed by atoms with van der Waals surface area (Å²) in [7, 11) is 0. The number of thiazole rings is 2. The Morgan fingerprint density at radius 1 is 0.419 bits per heavy atom. The molecule has 0 saturated carbocycles. The van der Waals surface area contributed by atoms with Gasteiger partial charge < -0.3 is 22.9 Å². The first-order valence-corrected chi connectivity index (χ1v) is 21.0. The lowest BCUT2D eigenvalue weighted by atomic mass is 10.5. The molecule has 0 radical (unpaired) electrons. The van der Waals surface area contributed by atoms with Gasteiger partial charge in [0.15, 0.2) is 12.7 Å². The zero-order valence-electron chi connectivity index (χ0n) is 32.8. The SMILES string of the molecule is C1=CCN=C1.c1cc[nH]c1.c1ccncc1.c1ccncc1.c1ccoc1.c1ccsc1.c1cscn1.c1cscn1.c1ncon1.c1ncon1.c1nnco1.c1nncs1. The molecule has 0 aromatic carbocycles. The van der Waals surface area contributed by atoms with Crippen LogP contribution in [0.5, 0.6) is 0 Å². The first-order chi connectivity index (χ1) is 31.0. The van der Waals surface area contributed by atoms with Crippen LogP contribution < -0.4 is 0 Å². The monoisotopic (exact) mass is 910 g/mol. The molecule has 12 heterocycles. The molecular weight excluding hydrogens is 869 g/mol. The Kier molecular flexibility index (Phi) is 41.6. The summed E-state index contributed by atoms with van der Waals surface area (Å²) >= 11 is 6.41. The van der Waals surface area contributed by atoms with Crippen molar-refractivity contribution in [2.45, 2.75) is 0 Å². The highest BCUT2D eigenvalue weighted by atomic mass is 32.1. The fraction of sp³-hybridized carbons (Fsp3) is 0.0250. The molecule has 0 amide bonds. The lowest BCUT2D eigenvalue weighted by molar-refractivity contribution is 0.416. The van der Waals surface area contributed by atoms with Crippen LogP contribution in [0.3, 0.4) is 0 Å². The van der Waals surface area contributed by atoms with Crippen LogP contribution in [-0.2, 0) is 0 Å². The minimum atomic E-state index is 0.889. The fourth-order valence-corrected chi connectivity index (χ4v) is 3.99. The van der Waals surface area contributed by atoms with Crippen molar-refractivity contribution in [3.8, 4) is 0 Å². The maximum Gasteiger partial charge on any atom is 0.213 e. The van der Waals surface area contributed by atoms with Crippen molar-refractivity contribution in [3.05, 3.63) is 229 Å². The Balaban J connectivity index is 0.000000338. The summed E-state index contributed by atoms with van der Waals surface area (Å²) in [5.74, 6) is 0. The summed E-state index contributed by atoms with van der Waals surface area (Å²) < 4.78 is 17.4. The van der Waals surface area contributed by atoms with E-state index in [2.05, 4.69) is 88.5 Å². The van der Waals surface area contributed by atoms with Gasteiger partial charge in [-0.05, 0) is 65.4 Å². The number of rotatable bonds is 0. The van der Waals surface area contributed by atoms with Gasteiger partial charge in [0, 0.05) is 66.5 Å². The summed E-state index contributed by atoms with van der Waals surface area (Å²) in [5.41, 5.74) is 6.94. The highest BCUT2D eigenvalue weighted by Gasteiger charge is 1.72. The number of allylic oxidation sites excluding steroid dienone is 1. The number of pyridine rings is 2. The zero-order chi connectivity index (χ0) is 43.8. The molecule has 320 valence electrons. The molecule has 1 aliphatic heterocycles. The topological polar surface area (TPSA) is 235 Å². The van der Waals surface area contributed by atoms with Crippen molar-refractivity contribution in [3.63, 3.8) is 0 Å². The number of nitrogens with one attached hydrogen (secondary N) is 1. The second kappa shape index (κ2) is 49.4. The Hall–Kier alpha value is -7.79. The van der Waals surface area contributed by atoms with Crippen LogP contribution >= 0.6 is 45.3 Å². The van der Waals surface area contributed by atoms with Gasteiger partial charge in [0.05, 0.1) is 30.1 Å². The van der Waals surface area contributed by atoms with Gasteiger partial charge in [-0.15, -0.1) is 54.4 Å². The van der Waals surface area contributed by atoms with Gasteiger partial charge in [-0.25, -0.2) is 9.97 Å². The van der Waals surface area contributed by atoms with E-state index >= 15 is 0 Å². The van der Waals surface area contributed by atoms with Crippen molar-refractivity contribution >= 4 is 51.6 Å². The number of H-pyrrole nitrogens is 1. The van der Waals surface area contributed by atoms with E-state index in [9.17, 15) is 0 Å². The van der Waals surface area contributed by atoms with E-state index in [1.54, 1.807) is 112 Å². The molecule has 0 saturated heterocycles. The molecule has 11 aromatic rings. The van der Waals surface area contributed by atoms with Crippen molar-refractivity contribution < 1.29 is 17.9 Å². The minimum absolute atomic E-state index is 0.889. The molecule has 22 heteroatoms. The Bertz CT molecular complexity index is 1540. The molecule has 0 spiro atoms. The first-order valence-electron chi connectivity index (χ1n) is 17.3. The molecular formula is C40H42N14O4S4. The molecule has 1 aliphatic rings. The van der Waals surface area contributed by atoms with Gasteiger partial charge in [-0.1, -0.05) is 40.7 Å². The predicted octanol–water partition coefficient (Wildman–Crippen LogP) is 9.87. The normalized spacial score (nSPS) is 8.77. The molecule has 12 rings (SSSR count). The van der Waals surface area contributed by atoms with Crippen LogP contribution in [0.15, 0.2) is 252 Å². The third-order valence-electron chi connectivity index (χ3n) is 4.84. The van der Waals surface area contributed by atoms with Crippen molar-refractivity contribution in [1.29, 1.82) is 0 Å². The van der Waals surface area contributed by atoms with Crippen molar-refractivity contribution in [2.24, 2.45) is 4.99 Å². The third-order valence-corrected chi connectivity index (χ3v) is 6.95. The highest BCUT2D eigenvalue weighted by Crippen LogP contribution is 1.91.